The van der Waals surface area contributed by atoms with Crippen molar-refractivity contribution < 1.29 is 4.74 Å². The third-order valence-electron chi connectivity index (χ3n) is 2.62. The standard InChI is InChI=1S/C12H16N4OS/c1-4-17-10-5-9(6-14-7-10)11(13-3)12-8(2)15-16-18-12/h5-7,11,13H,4H2,1-3H3. The maximum absolute atomic E-state index is 5.47. The molecular weight excluding hydrogens is 248 g/mol. The van der Waals surface area contributed by atoms with Crippen molar-refractivity contribution in [2.45, 2.75) is 19.9 Å². The normalized spacial score (nSPS) is 12.4. The minimum atomic E-state index is 0.0536. The van der Waals surface area contributed by atoms with Crippen LogP contribution in [0, 0.1) is 6.92 Å². The Morgan fingerprint density at radius 2 is 2.28 bits per heavy atom. The van der Waals surface area contributed by atoms with Gasteiger partial charge in [-0.15, -0.1) is 5.10 Å². The molecule has 0 aliphatic carbocycles. The Morgan fingerprint density at radius 1 is 1.44 bits per heavy atom. The monoisotopic (exact) mass is 264 g/mol. The molecule has 1 unspecified atom stereocenters. The molecule has 0 aliphatic heterocycles. The molecule has 2 heterocycles. The number of hydrogen-bond acceptors (Lipinski definition) is 6. The Balaban J connectivity index is 2.33. The van der Waals surface area contributed by atoms with Crippen molar-refractivity contribution in [2.24, 2.45) is 0 Å². The van der Waals surface area contributed by atoms with Crippen LogP contribution in [-0.2, 0) is 0 Å². The van der Waals surface area contributed by atoms with E-state index < -0.39 is 0 Å². The van der Waals surface area contributed by atoms with Gasteiger partial charge in [-0.2, -0.15) is 0 Å². The fraction of sp³-hybridized carbons (Fsp3) is 0.417. The second-order valence-corrected chi connectivity index (χ2v) is 4.62. The minimum absolute atomic E-state index is 0.0536. The van der Waals surface area contributed by atoms with Crippen molar-refractivity contribution in [1.82, 2.24) is 19.9 Å². The number of aryl methyl sites for hydroxylation is 1. The van der Waals surface area contributed by atoms with Gasteiger partial charge in [0.25, 0.3) is 0 Å². The van der Waals surface area contributed by atoms with Gasteiger partial charge < -0.3 is 10.1 Å². The first-order valence-corrected chi connectivity index (χ1v) is 6.57. The van der Waals surface area contributed by atoms with Gasteiger partial charge in [-0.3, -0.25) is 4.98 Å². The number of ether oxygens (including phenoxy) is 1. The van der Waals surface area contributed by atoms with Crippen molar-refractivity contribution in [1.29, 1.82) is 0 Å². The maximum atomic E-state index is 5.47. The summed E-state index contributed by atoms with van der Waals surface area (Å²) in [5.74, 6) is 0.783. The molecule has 0 saturated heterocycles. The zero-order valence-electron chi connectivity index (χ0n) is 10.7. The first kappa shape index (κ1) is 12.9. The average molecular weight is 264 g/mol. The third kappa shape index (κ3) is 2.65. The molecule has 0 bridgehead atoms. The molecule has 1 atom stereocenters. The van der Waals surface area contributed by atoms with Crippen LogP contribution in [0.2, 0.25) is 0 Å². The van der Waals surface area contributed by atoms with Gasteiger partial charge in [0.05, 0.1) is 29.4 Å². The largest absolute Gasteiger partial charge is 0.492 e. The first-order chi connectivity index (χ1) is 8.76. The summed E-state index contributed by atoms with van der Waals surface area (Å²) in [6.45, 7) is 4.55. The summed E-state index contributed by atoms with van der Waals surface area (Å²) in [4.78, 5) is 5.32. The summed E-state index contributed by atoms with van der Waals surface area (Å²) >= 11 is 1.40. The van der Waals surface area contributed by atoms with Crippen LogP contribution >= 0.6 is 11.5 Å². The summed E-state index contributed by atoms with van der Waals surface area (Å²) < 4.78 is 9.45. The zero-order valence-corrected chi connectivity index (χ0v) is 11.5. The molecule has 6 heteroatoms. The van der Waals surface area contributed by atoms with E-state index in [0.29, 0.717) is 6.61 Å². The van der Waals surface area contributed by atoms with Gasteiger partial charge in [-0.25, -0.2) is 0 Å². The van der Waals surface area contributed by atoms with E-state index in [0.717, 1.165) is 21.9 Å². The van der Waals surface area contributed by atoms with Gasteiger partial charge in [0.1, 0.15) is 5.75 Å². The summed E-state index contributed by atoms with van der Waals surface area (Å²) in [6.07, 6.45) is 3.56. The van der Waals surface area contributed by atoms with Crippen molar-refractivity contribution in [3.05, 3.63) is 34.6 Å². The molecule has 0 radical (unpaired) electrons. The number of pyridine rings is 1. The van der Waals surface area contributed by atoms with E-state index >= 15 is 0 Å². The second-order valence-electron chi connectivity index (χ2n) is 3.83. The average Bonchev–Trinajstić information content (AvgIpc) is 2.78. The quantitative estimate of drug-likeness (QED) is 0.894. The summed E-state index contributed by atoms with van der Waals surface area (Å²) in [6, 6.07) is 2.05. The zero-order chi connectivity index (χ0) is 13.0. The van der Waals surface area contributed by atoms with Crippen LogP contribution in [0.25, 0.3) is 0 Å². The third-order valence-corrected chi connectivity index (χ3v) is 3.51. The lowest BCUT2D eigenvalue weighted by Crippen LogP contribution is -2.17. The highest BCUT2D eigenvalue weighted by Gasteiger charge is 2.18. The Labute approximate surface area is 110 Å². The van der Waals surface area contributed by atoms with E-state index in [2.05, 4.69) is 19.9 Å². The number of rotatable bonds is 5. The van der Waals surface area contributed by atoms with Gasteiger partial charge in [-0.05, 0) is 44.1 Å². The fourth-order valence-electron chi connectivity index (χ4n) is 1.79. The van der Waals surface area contributed by atoms with Crippen molar-refractivity contribution >= 4 is 11.5 Å². The Hall–Kier alpha value is -1.53. The smallest absolute Gasteiger partial charge is 0.137 e. The molecule has 0 aromatic carbocycles. The molecule has 0 spiro atoms. The number of aromatic nitrogens is 3. The van der Waals surface area contributed by atoms with E-state index in [1.165, 1.54) is 11.5 Å². The van der Waals surface area contributed by atoms with Gasteiger partial charge in [0, 0.05) is 6.20 Å². The summed E-state index contributed by atoms with van der Waals surface area (Å²) in [5, 5.41) is 7.31. The summed E-state index contributed by atoms with van der Waals surface area (Å²) in [5.41, 5.74) is 2.00. The molecule has 0 fully saturated rings. The Kier molecular flexibility index (Phi) is 4.22. The number of nitrogens with one attached hydrogen (secondary N) is 1. The molecule has 2 aromatic rings. The van der Waals surface area contributed by atoms with Crippen LogP contribution in [0.1, 0.15) is 29.1 Å². The predicted octanol–water partition coefficient (Wildman–Crippen LogP) is 1.95. The highest BCUT2D eigenvalue weighted by Crippen LogP contribution is 2.27. The fourth-order valence-corrected chi connectivity index (χ4v) is 2.57. The van der Waals surface area contributed by atoms with Gasteiger partial charge in [-0.1, -0.05) is 4.49 Å². The molecule has 1 N–H and O–H groups in total. The van der Waals surface area contributed by atoms with Gasteiger partial charge in [0.2, 0.25) is 0 Å². The molecule has 96 valence electrons. The Bertz CT molecular complexity index is 514. The SMILES string of the molecule is CCOc1cncc(C(NC)c2snnc2C)c1. The van der Waals surface area contributed by atoms with Gasteiger partial charge in [0.15, 0.2) is 0 Å². The molecule has 2 aromatic heterocycles. The highest BCUT2D eigenvalue weighted by atomic mass is 32.1. The minimum Gasteiger partial charge on any atom is -0.492 e. The van der Waals surface area contributed by atoms with Crippen LogP contribution in [0.15, 0.2) is 18.5 Å². The van der Waals surface area contributed by atoms with Crippen LogP contribution in [0.3, 0.4) is 0 Å². The molecule has 0 aliphatic rings. The van der Waals surface area contributed by atoms with E-state index in [4.69, 9.17) is 4.74 Å². The number of hydrogen-bond donors (Lipinski definition) is 1. The summed E-state index contributed by atoms with van der Waals surface area (Å²) in [7, 11) is 1.91. The molecule has 5 nitrogen and oxygen atoms in total. The lowest BCUT2D eigenvalue weighted by atomic mass is 10.1. The van der Waals surface area contributed by atoms with E-state index in [9.17, 15) is 0 Å². The van der Waals surface area contributed by atoms with E-state index in [1.807, 2.05) is 33.2 Å². The van der Waals surface area contributed by atoms with Gasteiger partial charge >= 0.3 is 0 Å². The van der Waals surface area contributed by atoms with Crippen molar-refractivity contribution in [2.75, 3.05) is 13.7 Å². The van der Waals surface area contributed by atoms with E-state index in [-0.39, 0.29) is 6.04 Å². The number of nitrogens with zero attached hydrogens (tertiary/aromatic N) is 3. The second kappa shape index (κ2) is 5.88. The molecule has 18 heavy (non-hydrogen) atoms. The topological polar surface area (TPSA) is 59.9 Å². The van der Waals surface area contributed by atoms with Crippen molar-refractivity contribution in [3.63, 3.8) is 0 Å². The Morgan fingerprint density at radius 3 is 2.89 bits per heavy atom. The first-order valence-electron chi connectivity index (χ1n) is 5.80. The van der Waals surface area contributed by atoms with Crippen LogP contribution in [0.5, 0.6) is 5.75 Å². The molecule has 2 rings (SSSR count). The van der Waals surface area contributed by atoms with Crippen LogP contribution < -0.4 is 10.1 Å². The van der Waals surface area contributed by atoms with Crippen LogP contribution in [0.4, 0.5) is 0 Å². The lowest BCUT2D eigenvalue weighted by Gasteiger charge is -2.15. The predicted molar refractivity (Wildman–Crippen MR) is 71.0 cm³/mol. The van der Waals surface area contributed by atoms with E-state index in [1.54, 1.807) is 6.20 Å². The highest BCUT2D eigenvalue weighted by molar-refractivity contribution is 7.05. The molecular formula is C12H16N4OS. The molecule has 0 saturated carbocycles. The van der Waals surface area contributed by atoms with Crippen LogP contribution in [-0.4, -0.2) is 28.2 Å². The molecule has 0 amide bonds. The lowest BCUT2D eigenvalue weighted by molar-refractivity contribution is 0.338. The van der Waals surface area contributed by atoms with Crippen molar-refractivity contribution in [3.8, 4) is 5.75 Å². The maximum Gasteiger partial charge on any atom is 0.137 e.